The zero-order valence-electron chi connectivity index (χ0n) is 12.0. The van der Waals surface area contributed by atoms with E-state index < -0.39 is 5.60 Å². The van der Waals surface area contributed by atoms with Crippen molar-refractivity contribution in [3.05, 3.63) is 0 Å². The summed E-state index contributed by atoms with van der Waals surface area (Å²) in [5, 5.41) is 10.3. The van der Waals surface area contributed by atoms with Crippen molar-refractivity contribution in [1.29, 1.82) is 0 Å². The van der Waals surface area contributed by atoms with Gasteiger partial charge in [-0.05, 0) is 12.8 Å². The van der Waals surface area contributed by atoms with Crippen LogP contribution in [0, 0.1) is 0 Å². The smallest absolute Gasteiger partial charge is 0.308 e. The van der Waals surface area contributed by atoms with E-state index in [1.165, 1.54) is 0 Å². The van der Waals surface area contributed by atoms with Crippen LogP contribution < -0.4 is 0 Å². The molecule has 1 N–H and O–H groups in total. The summed E-state index contributed by atoms with van der Waals surface area (Å²) in [6.45, 7) is 4.49. The summed E-state index contributed by atoms with van der Waals surface area (Å²) in [6.07, 6.45) is 4.79. The Hall–Kier alpha value is -0.360. The van der Waals surface area contributed by atoms with E-state index in [9.17, 15) is 9.90 Å². The van der Waals surface area contributed by atoms with Crippen molar-refractivity contribution in [2.75, 3.05) is 39.5 Å². The van der Waals surface area contributed by atoms with Crippen molar-refractivity contribution in [1.82, 2.24) is 4.90 Å². The van der Waals surface area contributed by atoms with Gasteiger partial charge < -0.3 is 14.6 Å². The standard InChI is InChI=1S/C14H25NO4.ClH/c16-13(12-14(17)4-2-1-3-5-14)19-11-8-15-6-9-18-10-7-15;/h17H,1-12H2;1H. The summed E-state index contributed by atoms with van der Waals surface area (Å²) in [4.78, 5) is 14.0. The van der Waals surface area contributed by atoms with Crippen LogP contribution in [-0.4, -0.2) is 61.0 Å². The molecule has 1 saturated heterocycles. The normalized spacial score (nSPS) is 22.9. The number of carbonyl (C=O) groups is 1. The quantitative estimate of drug-likeness (QED) is 0.777. The topological polar surface area (TPSA) is 59.0 Å². The van der Waals surface area contributed by atoms with Gasteiger partial charge in [0.15, 0.2) is 0 Å². The largest absolute Gasteiger partial charge is 0.464 e. The van der Waals surface area contributed by atoms with Crippen LogP contribution in [0.4, 0.5) is 0 Å². The Labute approximate surface area is 127 Å². The lowest BCUT2D eigenvalue weighted by Gasteiger charge is -2.31. The summed E-state index contributed by atoms with van der Waals surface area (Å²) in [5.74, 6) is -0.266. The number of nitrogens with zero attached hydrogens (tertiary/aromatic N) is 1. The van der Waals surface area contributed by atoms with Gasteiger partial charge in [0.05, 0.1) is 25.2 Å². The minimum absolute atomic E-state index is 0. The van der Waals surface area contributed by atoms with Crippen molar-refractivity contribution in [3.63, 3.8) is 0 Å². The maximum Gasteiger partial charge on any atom is 0.308 e. The van der Waals surface area contributed by atoms with Crippen LogP contribution in [0.3, 0.4) is 0 Å². The number of aliphatic hydroxyl groups is 1. The third-order valence-electron chi connectivity index (χ3n) is 4.03. The first-order valence-electron chi connectivity index (χ1n) is 7.36. The molecule has 1 saturated carbocycles. The molecule has 0 spiro atoms. The molecule has 6 heteroatoms. The van der Waals surface area contributed by atoms with E-state index in [0.29, 0.717) is 6.61 Å². The third kappa shape index (κ3) is 5.95. The van der Waals surface area contributed by atoms with Crippen molar-refractivity contribution < 1.29 is 19.4 Å². The average molecular weight is 308 g/mol. The Morgan fingerprint density at radius 3 is 2.50 bits per heavy atom. The molecule has 0 atom stereocenters. The zero-order chi connectivity index (χ0) is 13.6. The van der Waals surface area contributed by atoms with Crippen molar-refractivity contribution in [2.45, 2.75) is 44.1 Å². The van der Waals surface area contributed by atoms with Crippen LogP contribution in [0.5, 0.6) is 0 Å². The molecule has 2 rings (SSSR count). The first-order valence-corrected chi connectivity index (χ1v) is 7.36. The molecule has 0 amide bonds. The van der Waals surface area contributed by atoms with Gasteiger partial charge >= 0.3 is 5.97 Å². The van der Waals surface area contributed by atoms with Gasteiger partial charge in [0, 0.05) is 19.6 Å². The van der Waals surface area contributed by atoms with E-state index in [2.05, 4.69) is 4.90 Å². The number of hydrogen-bond donors (Lipinski definition) is 1. The highest BCUT2D eigenvalue weighted by Gasteiger charge is 2.32. The molecule has 0 aromatic carbocycles. The van der Waals surface area contributed by atoms with Crippen LogP contribution in [0.2, 0.25) is 0 Å². The van der Waals surface area contributed by atoms with Crippen molar-refractivity contribution >= 4 is 18.4 Å². The Morgan fingerprint density at radius 1 is 1.20 bits per heavy atom. The summed E-state index contributed by atoms with van der Waals surface area (Å²) < 4.78 is 10.5. The van der Waals surface area contributed by atoms with E-state index in [1.807, 2.05) is 0 Å². The van der Waals surface area contributed by atoms with Gasteiger partial charge in [0.25, 0.3) is 0 Å². The van der Waals surface area contributed by atoms with E-state index in [4.69, 9.17) is 9.47 Å². The molecule has 0 radical (unpaired) electrons. The monoisotopic (exact) mass is 307 g/mol. The fourth-order valence-corrected chi connectivity index (χ4v) is 2.82. The van der Waals surface area contributed by atoms with E-state index in [-0.39, 0.29) is 24.8 Å². The van der Waals surface area contributed by atoms with Crippen LogP contribution >= 0.6 is 12.4 Å². The number of ether oxygens (including phenoxy) is 2. The number of rotatable bonds is 5. The fourth-order valence-electron chi connectivity index (χ4n) is 2.82. The number of halogens is 1. The van der Waals surface area contributed by atoms with Crippen LogP contribution in [0.15, 0.2) is 0 Å². The molecular weight excluding hydrogens is 282 g/mol. The minimum atomic E-state index is -0.811. The van der Waals surface area contributed by atoms with Crippen LogP contribution in [-0.2, 0) is 14.3 Å². The number of esters is 1. The van der Waals surface area contributed by atoms with Gasteiger partial charge in [-0.15, -0.1) is 12.4 Å². The summed E-state index contributed by atoms with van der Waals surface area (Å²) in [6, 6.07) is 0. The third-order valence-corrected chi connectivity index (χ3v) is 4.03. The first-order chi connectivity index (χ1) is 9.18. The highest BCUT2D eigenvalue weighted by molar-refractivity contribution is 5.85. The highest BCUT2D eigenvalue weighted by atomic mass is 35.5. The highest BCUT2D eigenvalue weighted by Crippen LogP contribution is 2.30. The molecule has 0 aromatic heterocycles. The molecule has 2 fully saturated rings. The van der Waals surface area contributed by atoms with Gasteiger partial charge in [-0.1, -0.05) is 19.3 Å². The van der Waals surface area contributed by atoms with E-state index in [1.54, 1.807) is 0 Å². The molecule has 118 valence electrons. The maximum absolute atomic E-state index is 11.7. The maximum atomic E-state index is 11.7. The van der Waals surface area contributed by atoms with Gasteiger partial charge in [-0.3, -0.25) is 9.69 Å². The SMILES string of the molecule is Cl.O=C(CC1(O)CCCCC1)OCCN1CCOCC1. The van der Waals surface area contributed by atoms with E-state index in [0.717, 1.165) is 65.0 Å². The second kappa shape index (κ2) is 8.82. The Morgan fingerprint density at radius 2 is 1.85 bits per heavy atom. The average Bonchev–Trinajstić information content (AvgIpc) is 2.40. The molecule has 1 aliphatic carbocycles. The van der Waals surface area contributed by atoms with Gasteiger partial charge in [0.2, 0.25) is 0 Å². The molecule has 20 heavy (non-hydrogen) atoms. The molecule has 0 unspecified atom stereocenters. The van der Waals surface area contributed by atoms with E-state index >= 15 is 0 Å². The summed E-state index contributed by atoms with van der Waals surface area (Å²) in [7, 11) is 0. The zero-order valence-corrected chi connectivity index (χ0v) is 12.8. The molecule has 2 aliphatic rings. The summed E-state index contributed by atoms with van der Waals surface area (Å²) >= 11 is 0. The lowest BCUT2D eigenvalue weighted by Crippen LogP contribution is -2.39. The lowest BCUT2D eigenvalue weighted by molar-refractivity contribution is -0.151. The Bertz CT molecular complexity index is 289. The van der Waals surface area contributed by atoms with Crippen LogP contribution in [0.25, 0.3) is 0 Å². The van der Waals surface area contributed by atoms with Crippen LogP contribution in [0.1, 0.15) is 38.5 Å². The van der Waals surface area contributed by atoms with Gasteiger partial charge in [-0.2, -0.15) is 0 Å². The second-order valence-electron chi connectivity index (χ2n) is 5.64. The summed E-state index contributed by atoms with van der Waals surface area (Å²) in [5.41, 5.74) is -0.811. The molecule has 1 heterocycles. The molecule has 0 aromatic rings. The molecule has 1 aliphatic heterocycles. The molecule has 0 bridgehead atoms. The van der Waals surface area contributed by atoms with Crippen molar-refractivity contribution in [2.24, 2.45) is 0 Å². The first kappa shape index (κ1) is 17.7. The lowest BCUT2D eigenvalue weighted by atomic mass is 9.82. The number of morpholine rings is 1. The second-order valence-corrected chi connectivity index (χ2v) is 5.64. The Balaban J connectivity index is 0.00000200. The van der Waals surface area contributed by atoms with Gasteiger partial charge in [-0.25, -0.2) is 0 Å². The van der Waals surface area contributed by atoms with Crippen molar-refractivity contribution in [3.8, 4) is 0 Å². The molecule has 5 nitrogen and oxygen atoms in total. The van der Waals surface area contributed by atoms with Gasteiger partial charge in [0.1, 0.15) is 6.61 Å². The fraction of sp³-hybridized carbons (Fsp3) is 0.929. The number of hydrogen-bond acceptors (Lipinski definition) is 5. The predicted octanol–water partition coefficient (Wildman–Crippen LogP) is 1.37. The Kier molecular flexibility index (Phi) is 7.80. The predicted molar refractivity (Wildman–Crippen MR) is 78.1 cm³/mol. The number of carbonyl (C=O) groups excluding carboxylic acids is 1. The molecular formula is C14H26ClNO4. The minimum Gasteiger partial charge on any atom is -0.464 e.